The molecule has 1 aliphatic heterocycles. The van der Waals surface area contributed by atoms with E-state index >= 15 is 0 Å². The fourth-order valence-electron chi connectivity index (χ4n) is 4.46. The normalized spacial score (nSPS) is 13.5. The van der Waals surface area contributed by atoms with Crippen LogP contribution in [0.4, 0.5) is 20.7 Å². The van der Waals surface area contributed by atoms with E-state index in [-0.39, 0.29) is 11.8 Å². The van der Waals surface area contributed by atoms with Crippen molar-refractivity contribution in [2.24, 2.45) is 0 Å². The molecular weight excluding hydrogens is 459 g/mol. The number of rotatable bonds is 5. The summed E-state index contributed by atoms with van der Waals surface area (Å²) in [6.45, 7) is 2.36. The second-order valence-electron chi connectivity index (χ2n) is 8.53. The van der Waals surface area contributed by atoms with E-state index in [1.165, 1.54) is 12.1 Å². The average Bonchev–Trinajstić information content (AvgIpc) is 2.92. The van der Waals surface area contributed by atoms with E-state index in [0.717, 1.165) is 33.6 Å². The zero-order chi connectivity index (χ0) is 25.1. The molecule has 2 heterocycles. The molecule has 7 nitrogen and oxygen atoms in total. The number of aromatic nitrogens is 1. The summed E-state index contributed by atoms with van der Waals surface area (Å²) in [5.41, 5.74) is 3.24. The lowest BCUT2D eigenvalue weighted by Gasteiger charge is -2.35. The van der Waals surface area contributed by atoms with Crippen LogP contribution in [0.1, 0.15) is 0 Å². The van der Waals surface area contributed by atoms with Crippen molar-refractivity contribution < 1.29 is 18.7 Å². The molecule has 4 aromatic rings. The van der Waals surface area contributed by atoms with Crippen molar-refractivity contribution in [3.63, 3.8) is 0 Å². The number of halogens is 1. The number of carbonyl (C=O) groups excluding carboxylic acids is 1. The lowest BCUT2D eigenvalue weighted by atomic mass is 10.0. The number of urea groups is 1. The number of ether oxygens (including phenoxy) is 2. The Bertz CT molecular complexity index is 1400. The summed E-state index contributed by atoms with van der Waals surface area (Å²) in [5.74, 6) is 1.91. The van der Waals surface area contributed by atoms with E-state index in [0.29, 0.717) is 37.6 Å². The molecule has 0 radical (unpaired) electrons. The zero-order valence-corrected chi connectivity index (χ0v) is 20.2. The number of pyridine rings is 1. The number of hydrogen-bond acceptors (Lipinski definition) is 5. The van der Waals surface area contributed by atoms with E-state index in [4.69, 9.17) is 14.5 Å². The summed E-state index contributed by atoms with van der Waals surface area (Å²) in [5, 5.41) is 3.80. The quantitative estimate of drug-likeness (QED) is 0.409. The first kappa shape index (κ1) is 23.4. The van der Waals surface area contributed by atoms with Crippen molar-refractivity contribution in [1.82, 2.24) is 9.88 Å². The van der Waals surface area contributed by atoms with Crippen LogP contribution in [0.3, 0.4) is 0 Å². The van der Waals surface area contributed by atoms with Gasteiger partial charge in [-0.25, -0.2) is 14.2 Å². The first-order valence-electron chi connectivity index (χ1n) is 11.7. The van der Waals surface area contributed by atoms with Crippen LogP contribution in [0.2, 0.25) is 0 Å². The van der Waals surface area contributed by atoms with E-state index < -0.39 is 0 Å². The van der Waals surface area contributed by atoms with Crippen LogP contribution in [-0.4, -0.2) is 56.3 Å². The molecule has 1 saturated heterocycles. The highest BCUT2D eigenvalue weighted by atomic mass is 19.1. The SMILES string of the molecule is COc1ccc(-c2cccc3ccc(N4CCN(C(=O)Nc5cccc(F)c5)CC4)nc23)c(OC)c1. The average molecular weight is 487 g/mol. The number of nitrogens with one attached hydrogen (secondary N) is 1. The van der Waals surface area contributed by atoms with Gasteiger partial charge in [0, 0.05) is 54.4 Å². The number of fused-ring (bicyclic) bond motifs is 1. The van der Waals surface area contributed by atoms with Gasteiger partial charge in [0.05, 0.1) is 19.7 Å². The monoisotopic (exact) mass is 486 g/mol. The third-order valence-corrected chi connectivity index (χ3v) is 6.37. The lowest BCUT2D eigenvalue weighted by molar-refractivity contribution is 0.208. The molecule has 2 amide bonds. The Labute approximate surface area is 209 Å². The minimum absolute atomic E-state index is 0.236. The number of para-hydroxylation sites is 1. The molecule has 1 N–H and O–H groups in total. The fourth-order valence-corrected chi connectivity index (χ4v) is 4.46. The molecule has 1 aliphatic rings. The highest BCUT2D eigenvalue weighted by Crippen LogP contribution is 2.37. The highest BCUT2D eigenvalue weighted by Gasteiger charge is 2.23. The van der Waals surface area contributed by atoms with Crippen molar-refractivity contribution in [1.29, 1.82) is 0 Å². The number of amides is 2. The van der Waals surface area contributed by atoms with Gasteiger partial charge in [-0.2, -0.15) is 0 Å². The van der Waals surface area contributed by atoms with Gasteiger partial charge in [-0.3, -0.25) is 0 Å². The molecule has 36 heavy (non-hydrogen) atoms. The minimum Gasteiger partial charge on any atom is -0.497 e. The Morgan fingerprint density at radius 2 is 1.69 bits per heavy atom. The number of hydrogen-bond donors (Lipinski definition) is 1. The molecule has 0 saturated carbocycles. The maximum Gasteiger partial charge on any atom is 0.321 e. The number of methoxy groups -OCH3 is 2. The van der Waals surface area contributed by atoms with Gasteiger partial charge in [0.15, 0.2) is 0 Å². The third kappa shape index (κ3) is 4.75. The summed E-state index contributed by atoms with van der Waals surface area (Å²) in [4.78, 5) is 21.6. The molecule has 0 unspecified atom stereocenters. The van der Waals surface area contributed by atoms with Crippen molar-refractivity contribution in [3.8, 4) is 22.6 Å². The minimum atomic E-state index is -0.383. The Kier molecular flexibility index (Phi) is 6.58. The number of carbonyl (C=O) groups is 1. The smallest absolute Gasteiger partial charge is 0.321 e. The fraction of sp³-hybridized carbons (Fsp3) is 0.214. The van der Waals surface area contributed by atoms with Gasteiger partial charge < -0.3 is 24.6 Å². The zero-order valence-electron chi connectivity index (χ0n) is 20.2. The summed E-state index contributed by atoms with van der Waals surface area (Å²) in [6.07, 6.45) is 0. The summed E-state index contributed by atoms with van der Waals surface area (Å²) >= 11 is 0. The van der Waals surface area contributed by atoms with Crippen LogP contribution in [0, 0.1) is 5.82 Å². The summed E-state index contributed by atoms with van der Waals surface area (Å²) in [6, 6.07) is 21.6. The molecule has 0 atom stereocenters. The van der Waals surface area contributed by atoms with Crippen LogP contribution in [0.5, 0.6) is 11.5 Å². The molecule has 0 spiro atoms. The van der Waals surface area contributed by atoms with Gasteiger partial charge in [-0.1, -0.05) is 24.3 Å². The Hall–Kier alpha value is -4.33. The van der Waals surface area contributed by atoms with Crippen molar-refractivity contribution in [2.75, 3.05) is 50.6 Å². The first-order chi connectivity index (χ1) is 17.6. The maximum absolute atomic E-state index is 13.4. The van der Waals surface area contributed by atoms with Gasteiger partial charge in [0.25, 0.3) is 0 Å². The van der Waals surface area contributed by atoms with Crippen molar-refractivity contribution in [3.05, 3.63) is 78.6 Å². The third-order valence-electron chi connectivity index (χ3n) is 6.37. The topological polar surface area (TPSA) is 66.9 Å². The largest absolute Gasteiger partial charge is 0.497 e. The highest BCUT2D eigenvalue weighted by molar-refractivity contribution is 5.96. The van der Waals surface area contributed by atoms with Crippen LogP contribution < -0.4 is 19.7 Å². The van der Waals surface area contributed by atoms with Gasteiger partial charge >= 0.3 is 6.03 Å². The van der Waals surface area contributed by atoms with E-state index in [9.17, 15) is 9.18 Å². The van der Waals surface area contributed by atoms with Crippen molar-refractivity contribution in [2.45, 2.75) is 0 Å². The molecule has 184 valence electrons. The Morgan fingerprint density at radius 3 is 2.44 bits per heavy atom. The molecule has 3 aromatic carbocycles. The Balaban J connectivity index is 1.35. The number of benzene rings is 3. The van der Waals surface area contributed by atoms with E-state index in [1.807, 2.05) is 42.5 Å². The number of nitrogens with zero attached hydrogens (tertiary/aromatic N) is 3. The predicted octanol–water partition coefficient (Wildman–Crippen LogP) is 5.41. The molecule has 0 aliphatic carbocycles. The molecule has 8 heteroatoms. The summed E-state index contributed by atoms with van der Waals surface area (Å²) < 4.78 is 24.4. The Morgan fingerprint density at radius 1 is 0.889 bits per heavy atom. The van der Waals surface area contributed by atoms with Gasteiger partial charge in [0.1, 0.15) is 23.1 Å². The standard InChI is InChI=1S/C28H27FN4O3/c1-35-22-10-11-23(25(18-22)36-2)24-8-3-5-19-9-12-26(31-27(19)24)32-13-15-33(16-14-32)28(34)30-21-7-4-6-20(29)17-21/h3-12,17-18H,13-16H2,1-2H3,(H,30,34). The van der Waals surface area contributed by atoms with Crippen LogP contribution in [0.25, 0.3) is 22.0 Å². The molecule has 0 bridgehead atoms. The first-order valence-corrected chi connectivity index (χ1v) is 11.7. The van der Waals surface area contributed by atoms with E-state index in [2.05, 4.69) is 16.3 Å². The maximum atomic E-state index is 13.4. The van der Waals surface area contributed by atoms with Crippen LogP contribution >= 0.6 is 0 Å². The second kappa shape index (κ2) is 10.1. The lowest BCUT2D eigenvalue weighted by Crippen LogP contribution is -2.50. The molecular formula is C28H27FN4O3. The van der Waals surface area contributed by atoms with Gasteiger partial charge in [-0.15, -0.1) is 0 Å². The van der Waals surface area contributed by atoms with Crippen LogP contribution in [-0.2, 0) is 0 Å². The number of piperazine rings is 1. The van der Waals surface area contributed by atoms with Gasteiger partial charge in [0.2, 0.25) is 0 Å². The predicted molar refractivity (Wildman–Crippen MR) is 139 cm³/mol. The molecule has 5 rings (SSSR count). The molecule has 1 aromatic heterocycles. The summed E-state index contributed by atoms with van der Waals surface area (Å²) in [7, 11) is 3.28. The van der Waals surface area contributed by atoms with Gasteiger partial charge in [-0.05, 0) is 42.5 Å². The van der Waals surface area contributed by atoms with Crippen molar-refractivity contribution >= 4 is 28.4 Å². The van der Waals surface area contributed by atoms with Crippen LogP contribution in [0.15, 0.2) is 72.8 Å². The molecule has 1 fully saturated rings. The number of anilines is 2. The second-order valence-corrected chi connectivity index (χ2v) is 8.53. The van der Waals surface area contributed by atoms with E-state index in [1.54, 1.807) is 31.3 Å².